The van der Waals surface area contributed by atoms with E-state index in [9.17, 15) is 4.79 Å². The van der Waals surface area contributed by atoms with E-state index < -0.39 is 0 Å². The molecule has 0 saturated heterocycles. The maximum absolute atomic E-state index is 12.0. The van der Waals surface area contributed by atoms with Crippen LogP contribution in [-0.4, -0.2) is 13.0 Å². The Labute approximate surface area is 101 Å². The first-order chi connectivity index (χ1) is 8.31. The van der Waals surface area contributed by atoms with E-state index in [0.717, 1.165) is 11.1 Å². The number of hydrogen-bond acceptors (Lipinski definition) is 2. The van der Waals surface area contributed by atoms with Gasteiger partial charge in [-0.3, -0.25) is 4.79 Å². The zero-order chi connectivity index (χ0) is 11.8. The molecule has 1 atom stereocenters. The second-order valence-corrected chi connectivity index (χ2v) is 4.92. The highest BCUT2D eigenvalue weighted by atomic mass is 16.5. The van der Waals surface area contributed by atoms with Crippen molar-refractivity contribution < 1.29 is 9.53 Å². The van der Waals surface area contributed by atoms with Gasteiger partial charge in [-0.2, -0.15) is 0 Å². The Bertz CT molecular complexity index is 450. The topological polar surface area (TPSA) is 38.3 Å². The summed E-state index contributed by atoms with van der Waals surface area (Å²) in [6.07, 6.45) is 5.02. The molecule has 3 rings (SSSR count). The second-order valence-electron chi connectivity index (χ2n) is 4.92. The maximum atomic E-state index is 12.0. The summed E-state index contributed by atoms with van der Waals surface area (Å²) in [5.74, 6) is 1.32. The van der Waals surface area contributed by atoms with Gasteiger partial charge in [-0.15, -0.1) is 0 Å². The van der Waals surface area contributed by atoms with Gasteiger partial charge in [0.05, 0.1) is 18.7 Å². The first-order valence-electron chi connectivity index (χ1n) is 6.29. The number of benzene rings is 1. The SMILES string of the molecule is COc1cccc2c1C(=O)NC2C1CCCC1. The fraction of sp³-hybridized carbons (Fsp3) is 0.500. The highest BCUT2D eigenvalue weighted by Crippen LogP contribution is 2.42. The third-order valence-corrected chi connectivity index (χ3v) is 4.00. The van der Waals surface area contributed by atoms with Crippen LogP contribution in [0.1, 0.15) is 47.6 Å². The van der Waals surface area contributed by atoms with Gasteiger partial charge in [0.25, 0.3) is 5.91 Å². The van der Waals surface area contributed by atoms with Crippen molar-refractivity contribution in [2.75, 3.05) is 7.11 Å². The van der Waals surface area contributed by atoms with E-state index in [2.05, 4.69) is 11.4 Å². The molecule has 3 nitrogen and oxygen atoms in total. The number of carbonyl (C=O) groups excluding carboxylic acids is 1. The van der Waals surface area contributed by atoms with Gasteiger partial charge >= 0.3 is 0 Å². The Kier molecular flexibility index (Phi) is 2.54. The molecule has 1 saturated carbocycles. The Morgan fingerprint density at radius 2 is 2.06 bits per heavy atom. The van der Waals surface area contributed by atoms with Gasteiger partial charge in [0.15, 0.2) is 0 Å². The van der Waals surface area contributed by atoms with Crippen LogP contribution in [0.5, 0.6) is 5.75 Å². The van der Waals surface area contributed by atoms with E-state index in [1.54, 1.807) is 7.11 Å². The summed E-state index contributed by atoms with van der Waals surface area (Å²) in [5, 5.41) is 3.12. The van der Waals surface area contributed by atoms with Gasteiger partial charge in [0.1, 0.15) is 5.75 Å². The Morgan fingerprint density at radius 1 is 1.29 bits per heavy atom. The molecule has 0 aromatic heterocycles. The Hall–Kier alpha value is -1.51. The minimum absolute atomic E-state index is 0.0225. The number of fused-ring (bicyclic) bond motifs is 1. The largest absolute Gasteiger partial charge is 0.496 e. The van der Waals surface area contributed by atoms with Crippen molar-refractivity contribution in [1.29, 1.82) is 0 Å². The zero-order valence-corrected chi connectivity index (χ0v) is 10.0. The smallest absolute Gasteiger partial charge is 0.255 e. The van der Waals surface area contributed by atoms with Crippen LogP contribution in [0.4, 0.5) is 0 Å². The molecule has 0 bridgehead atoms. The number of methoxy groups -OCH3 is 1. The molecule has 3 heteroatoms. The monoisotopic (exact) mass is 231 g/mol. The molecular formula is C14H17NO2. The summed E-state index contributed by atoms with van der Waals surface area (Å²) < 4.78 is 5.28. The normalized spacial score (nSPS) is 23.6. The minimum Gasteiger partial charge on any atom is -0.496 e. The van der Waals surface area contributed by atoms with E-state index >= 15 is 0 Å². The van der Waals surface area contributed by atoms with Crippen LogP contribution < -0.4 is 10.1 Å². The predicted molar refractivity (Wildman–Crippen MR) is 65.2 cm³/mol. The van der Waals surface area contributed by atoms with Crippen molar-refractivity contribution in [2.24, 2.45) is 5.92 Å². The summed E-state index contributed by atoms with van der Waals surface area (Å²) in [4.78, 5) is 12.0. The van der Waals surface area contributed by atoms with Crippen LogP contribution in [-0.2, 0) is 0 Å². The van der Waals surface area contributed by atoms with Crippen LogP contribution in [0.15, 0.2) is 18.2 Å². The summed E-state index contributed by atoms with van der Waals surface area (Å²) in [5.41, 5.74) is 1.87. The van der Waals surface area contributed by atoms with E-state index in [-0.39, 0.29) is 11.9 Å². The van der Waals surface area contributed by atoms with Crippen LogP contribution in [0.25, 0.3) is 0 Å². The van der Waals surface area contributed by atoms with Crippen molar-refractivity contribution >= 4 is 5.91 Å². The highest BCUT2D eigenvalue weighted by molar-refractivity contribution is 6.01. The molecule has 1 N–H and O–H groups in total. The molecule has 1 fully saturated rings. The number of rotatable bonds is 2. The van der Waals surface area contributed by atoms with Gasteiger partial charge in [-0.25, -0.2) is 0 Å². The Morgan fingerprint density at radius 3 is 2.76 bits per heavy atom. The predicted octanol–water partition coefficient (Wildman–Crippen LogP) is 2.67. The highest BCUT2D eigenvalue weighted by Gasteiger charge is 2.37. The van der Waals surface area contributed by atoms with Crippen molar-refractivity contribution in [1.82, 2.24) is 5.32 Å². The maximum Gasteiger partial charge on any atom is 0.255 e. The molecule has 17 heavy (non-hydrogen) atoms. The number of ether oxygens (including phenoxy) is 1. The average Bonchev–Trinajstić information content (AvgIpc) is 2.97. The fourth-order valence-electron chi connectivity index (χ4n) is 3.17. The lowest BCUT2D eigenvalue weighted by Gasteiger charge is -2.19. The van der Waals surface area contributed by atoms with Crippen LogP contribution >= 0.6 is 0 Å². The lowest BCUT2D eigenvalue weighted by Crippen LogP contribution is -2.24. The van der Waals surface area contributed by atoms with Crippen molar-refractivity contribution in [3.05, 3.63) is 29.3 Å². The van der Waals surface area contributed by atoms with E-state index in [0.29, 0.717) is 11.7 Å². The molecule has 1 amide bonds. The lowest BCUT2D eigenvalue weighted by atomic mass is 9.92. The Balaban J connectivity index is 2.01. The number of hydrogen-bond donors (Lipinski definition) is 1. The van der Waals surface area contributed by atoms with E-state index in [1.807, 2.05) is 12.1 Å². The first kappa shape index (κ1) is 10.6. The summed E-state index contributed by atoms with van der Waals surface area (Å²) >= 11 is 0. The summed E-state index contributed by atoms with van der Waals surface area (Å²) in [6, 6.07) is 6.09. The van der Waals surface area contributed by atoms with Gasteiger partial charge in [0.2, 0.25) is 0 Å². The zero-order valence-electron chi connectivity index (χ0n) is 10.0. The van der Waals surface area contributed by atoms with Crippen LogP contribution in [0.3, 0.4) is 0 Å². The molecule has 1 heterocycles. The fourth-order valence-corrected chi connectivity index (χ4v) is 3.17. The molecule has 90 valence electrons. The number of amides is 1. The lowest BCUT2D eigenvalue weighted by molar-refractivity contribution is 0.0944. The molecule has 0 spiro atoms. The van der Waals surface area contributed by atoms with Crippen LogP contribution in [0.2, 0.25) is 0 Å². The van der Waals surface area contributed by atoms with Crippen molar-refractivity contribution in [2.45, 2.75) is 31.7 Å². The molecule has 2 aliphatic rings. The number of carbonyl (C=O) groups is 1. The minimum atomic E-state index is 0.0225. The molecule has 1 aromatic carbocycles. The van der Waals surface area contributed by atoms with Gasteiger partial charge in [-0.1, -0.05) is 25.0 Å². The van der Waals surface area contributed by atoms with Gasteiger partial charge in [-0.05, 0) is 30.4 Å². The van der Waals surface area contributed by atoms with E-state index in [1.165, 1.54) is 25.7 Å². The summed E-state index contributed by atoms with van der Waals surface area (Å²) in [6.45, 7) is 0. The van der Waals surface area contributed by atoms with Crippen molar-refractivity contribution in [3.63, 3.8) is 0 Å². The second kappa shape index (κ2) is 4.06. The first-order valence-corrected chi connectivity index (χ1v) is 6.29. The van der Waals surface area contributed by atoms with Gasteiger partial charge in [0, 0.05) is 0 Å². The molecule has 1 aliphatic carbocycles. The van der Waals surface area contributed by atoms with Crippen LogP contribution in [0, 0.1) is 5.92 Å². The molecule has 1 aromatic rings. The van der Waals surface area contributed by atoms with Crippen molar-refractivity contribution in [3.8, 4) is 5.75 Å². The quantitative estimate of drug-likeness (QED) is 0.849. The van der Waals surface area contributed by atoms with Gasteiger partial charge < -0.3 is 10.1 Å². The molecule has 1 aliphatic heterocycles. The summed E-state index contributed by atoms with van der Waals surface area (Å²) in [7, 11) is 1.62. The van der Waals surface area contributed by atoms with E-state index in [4.69, 9.17) is 4.74 Å². The molecule has 1 unspecified atom stereocenters. The third-order valence-electron chi connectivity index (χ3n) is 4.00. The third kappa shape index (κ3) is 1.61. The molecule has 0 radical (unpaired) electrons. The average molecular weight is 231 g/mol. The molecular weight excluding hydrogens is 214 g/mol. The standard InChI is InChI=1S/C14H17NO2/c1-17-11-8-4-7-10-12(11)14(16)15-13(10)9-5-2-3-6-9/h4,7-9,13H,2-3,5-6H2,1H3,(H,15,16). The number of nitrogens with one attached hydrogen (secondary N) is 1.